The molecule has 0 unspecified atom stereocenters. The fourth-order valence-electron chi connectivity index (χ4n) is 4.95. The van der Waals surface area contributed by atoms with Crippen LogP contribution in [0.3, 0.4) is 0 Å². The molecular formula is C21H27ClN2O3. The summed E-state index contributed by atoms with van der Waals surface area (Å²) >= 11 is 6.13. The Kier molecular flexibility index (Phi) is 5.19. The van der Waals surface area contributed by atoms with E-state index < -0.39 is 0 Å². The largest absolute Gasteiger partial charge is 0.489 e. The van der Waals surface area contributed by atoms with Gasteiger partial charge in [0, 0.05) is 49.8 Å². The highest BCUT2D eigenvalue weighted by Crippen LogP contribution is 2.43. The predicted molar refractivity (Wildman–Crippen MR) is 106 cm³/mol. The van der Waals surface area contributed by atoms with Crippen LogP contribution in [0.25, 0.3) is 6.08 Å². The first kappa shape index (κ1) is 18.8. The predicted octanol–water partition coefficient (Wildman–Crippen LogP) is 3.26. The molecule has 146 valence electrons. The molecule has 3 aliphatic rings. The van der Waals surface area contributed by atoms with Gasteiger partial charge in [0.15, 0.2) is 0 Å². The SMILES string of the molecule is CO[C@@]12CC[C@@H](NC(C)=O)C[C@@H]1N(CC1=Cc3cc(Cl)ccc3OC1)CC2. The molecule has 5 nitrogen and oxygen atoms in total. The minimum absolute atomic E-state index is 0.0475. The number of hydrogen-bond donors (Lipinski definition) is 1. The minimum atomic E-state index is -0.0910. The first-order chi connectivity index (χ1) is 13.0. The van der Waals surface area contributed by atoms with Crippen molar-refractivity contribution < 1.29 is 14.3 Å². The Morgan fingerprint density at radius 1 is 1.44 bits per heavy atom. The molecular weight excluding hydrogens is 364 g/mol. The number of carbonyl (C=O) groups excluding carboxylic acids is 1. The highest BCUT2D eigenvalue weighted by atomic mass is 35.5. The molecule has 1 saturated carbocycles. The van der Waals surface area contributed by atoms with Crippen molar-refractivity contribution in [2.24, 2.45) is 0 Å². The van der Waals surface area contributed by atoms with E-state index in [2.05, 4.69) is 16.3 Å². The van der Waals surface area contributed by atoms with Crippen molar-refractivity contribution in [1.29, 1.82) is 0 Å². The number of nitrogens with zero attached hydrogens (tertiary/aromatic N) is 1. The lowest BCUT2D eigenvalue weighted by Crippen LogP contribution is -2.54. The molecule has 1 aromatic rings. The molecule has 0 bridgehead atoms. The third-order valence-corrected chi connectivity index (χ3v) is 6.49. The fraction of sp³-hybridized carbons (Fsp3) is 0.571. The molecule has 1 aliphatic carbocycles. The Hall–Kier alpha value is -1.56. The number of carbonyl (C=O) groups is 1. The Morgan fingerprint density at radius 3 is 3.07 bits per heavy atom. The first-order valence-electron chi connectivity index (χ1n) is 9.67. The molecule has 1 aromatic carbocycles. The van der Waals surface area contributed by atoms with Crippen LogP contribution in [-0.2, 0) is 9.53 Å². The summed E-state index contributed by atoms with van der Waals surface area (Å²) in [4.78, 5) is 14.0. The minimum Gasteiger partial charge on any atom is -0.489 e. The normalized spacial score (nSPS) is 30.1. The second kappa shape index (κ2) is 7.46. The van der Waals surface area contributed by atoms with Crippen molar-refractivity contribution in [3.05, 3.63) is 34.4 Å². The third kappa shape index (κ3) is 3.73. The van der Waals surface area contributed by atoms with Crippen LogP contribution in [0.4, 0.5) is 0 Å². The van der Waals surface area contributed by atoms with Crippen LogP contribution >= 0.6 is 11.6 Å². The Labute approximate surface area is 165 Å². The summed E-state index contributed by atoms with van der Waals surface area (Å²) in [6.45, 7) is 4.06. The summed E-state index contributed by atoms with van der Waals surface area (Å²) in [7, 11) is 1.83. The summed E-state index contributed by atoms with van der Waals surface area (Å²) in [5, 5.41) is 3.83. The summed E-state index contributed by atoms with van der Waals surface area (Å²) in [5.74, 6) is 0.936. The van der Waals surface area contributed by atoms with Gasteiger partial charge in [0.2, 0.25) is 5.91 Å². The van der Waals surface area contributed by atoms with Crippen molar-refractivity contribution in [1.82, 2.24) is 10.2 Å². The van der Waals surface area contributed by atoms with Crippen LogP contribution < -0.4 is 10.1 Å². The van der Waals surface area contributed by atoms with Gasteiger partial charge in [-0.1, -0.05) is 11.6 Å². The number of halogens is 1. The summed E-state index contributed by atoms with van der Waals surface area (Å²) in [5.41, 5.74) is 2.20. The fourth-order valence-corrected chi connectivity index (χ4v) is 5.13. The molecule has 3 atom stereocenters. The second-order valence-electron chi connectivity index (χ2n) is 7.95. The number of fused-ring (bicyclic) bond motifs is 2. The number of methoxy groups -OCH3 is 1. The highest BCUT2D eigenvalue weighted by Gasteiger charge is 2.51. The van der Waals surface area contributed by atoms with E-state index in [0.29, 0.717) is 12.6 Å². The van der Waals surface area contributed by atoms with Gasteiger partial charge in [-0.05, 0) is 55.5 Å². The second-order valence-corrected chi connectivity index (χ2v) is 8.39. The Morgan fingerprint density at radius 2 is 2.30 bits per heavy atom. The van der Waals surface area contributed by atoms with Crippen molar-refractivity contribution >= 4 is 23.6 Å². The van der Waals surface area contributed by atoms with E-state index >= 15 is 0 Å². The number of rotatable bonds is 4. The summed E-state index contributed by atoms with van der Waals surface area (Å²) < 4.78 is 11.9. The summed E-state index contributed by atoms with van der Waals surface area (Å²) in [6.07, 6.45) is 6.15. The van der Waals surface area contributed by atoms with Crippen molar-refractivity contribution in [3.8, 4) is 5.75 Å². The van der Waals surface area contributed by atoms with E-state index in [1.807, 2.05) is 25.3 Å². The Balaban J connectivity index is 1.51. The molecule has 2 fully saturated rings. The molecule has 2 aliphatic heterocycles. The van der Waals surface area contributed by atoms with Gasteiger partial charge in [0.1, 0.15) is 12.4 Å². The molecule has 2 heterocycles. The van der Waals surface area contributed by atoms with Gasteiger partial charge in [-0.25, -0.2) is 0 Å². The van der Waals surface area contributed by atoms with Crippen molar-refractivity contribution in [2.75, 3.05) is 26.8 Å². The molecule has 0 spiro atoms. The third-order valence-electron chi connectivity index (χ3n) is 6.26. The number of ether oxygens (including phenoxy) is 2. The van der Waals surface area contributed by atoms with E-state index in [-0.39, 0.29) is 17.6 Å². The van der Waals surface area contributed by atoms with Crippen LogP contribution in [0, 0.1) is 0 Å². The highest BCUT2D eigenvalue weighted by molar-refractivity contribution is 6.30. The van der Waals surface area contributed by atoms with Crippen molar-refractivity contribution in [2.45, 2.75) is 50.3 Å². The number of likely N-dealkylation sites (tertiary alicyclic amines) is 1. The van der Waals surface area contributed by atoms with E-state index in [0.717, 1.165) is 55.1 Å². The average molecular weight is 391 g/mol. The number of amides is 1. The number of benzene rings is 1. The summed E-state index contributed by atoms with van der Waals surface area (Å²) in [6, 6.07) is 6.28. The monoisotopic (exact) mass is 390 g/mol. The van der Waals surface area contributed by atoms with Gasteiger partial charge in [0.05, 0.1) is 5.60 Å². The molecule has 0 aromatic heterocycles. The Bertz CT molecular complexity index is 766. The van der Waals surface area contributed by atoms with Gasteiger partial charge in [-0.2, -0.15) is 0 Å². The van der Waals surface area contributed by atoms with Crippen LogP contribution in [0.15, 0.2) is 23.8 Å². The zero-order valence-electron chi connectivity index (χ0n) is 16.0. The number of nitrogens with one attached hydrogen (secondary N) is 1. The van der Waals surface area contributed by atoms with Gasteiger partial charge in [-0.15, -0.1) is 0 Å². The van der Waals surface area contributed by atoms with E-state index in [1.165, 1.54) is 5.57 Å². The molecule has 1 amide bonds. The molecule has 1 N–H and O–H groups in total. The molecule has 4 rings (SSSR count). The molecule has 6 heteroatoms. The molecule has 27 heavy (non-hydrogen) atoms. The zero-order chi connectivity index (χ0) is 19.0. The maximum Gasteiger partial charge on any atom is 0.217 e. The standard InChI is InChI=1S/C21H27ClN2O3/c1-14(25)23-18-5-6-21(26-2)7-8-24(20(21)11-18)12-15-9-16-10-17(22)3-4-19(16)27-13-15/h3-4,9-10,18,20H,5-8,11-13H2,1-2H3,(H,23,25)/t18-,20+,21-/m1/s1. The lowest BCUT2D eigenvalue weighted by Gasteiger charge is -2.44. The number of hydrogen-bond acceptors (Lipinski definition) is 4. The van der Waals surface area contributed by atoms with Crippen LogP contribution in [0.5, 0.6) is 5.75 Å². The van der Waals surface area contributed by atoms with Gasteiger partial charge in [0.25, 0.3) is 0 Å². The first-order valence-corrected chi connectivity index (χ1v) is 10.0. The van der Waals surface area contributed by atoms with E-state index in [1.54, 1.807) is 6.92 Å². The average Bonchev–Trinajstić information content (AvgIpc) is 2.99. The molecule has 1 saturated heterocycles. The maximum absolute atomic E-state index is 11.5. The van der Waals surface area contributed by atoms with Gasteiger partial charge >= 0.3 is 0 Å². The van der Waals surface area contributed by atoms with Crippen LogP contribution in [0.1, 0.15) is 38.2 Å². The van der Waals surface area contributed by atoms with Crippen molar-refractivity contribution in [3.63, 3.8) is 0 Å². The van der Waals surface area contributed by atoms with Crippen LogP contribution in [0.2, 0.25) is 5.02 Å². The molecule has 0 radical (unpaired) electrons. The van der Waals surface area contributed by atoms with E-state index in [9.17, 15) is 4.79 Å². The zero-order valence-corrected chi connectivity index (χ0v) is 16.7. The van der Waals surface area contributed by atoms with Gasteiger partial charge < -0.3 is 14.8 Å². The maximum atomic E-state index is 11.5. The van der Waals surface area contributed by atoms with E-state index in [4.69, 9.17) is 21.1 Å². The topological polar surface area (TPSA) is 50.8 Å². The van der Waals surface area contributed by atoms with Gasteiger partial charge in [-0.3, -0.25) is 9.69 Å². The smallest absolute Gasteiger partial charge is 0.217 e. The quantitative estimate of drug-likeness (QED) is 0.857. The lowest BCUT2D eigenvalue weighted by molar-refractivity contribution is -0.121. The lowest BCUT2D eigenvalue weighted by atomic mass is 9.78. The van der Waals surface area contributed by atoms with Crippen LogP contribution in [-0.4, -0.2) is 55.3 Å².